The van der Waals surface area contributed by atoms with Crippen LogP contribution in [0.5, 0.6) is 0 Å². The molecule has 2 radical (unpaired) electrons. The van der Waals surface area contributed by atoms with Gasteiger partial charge in [0, 0.05) is 11.3 Å². The van der Waals surface area contributed by atoms with Gasteiger partial charge in [-0.3, -0.25) is 0 Å². The Hall–Kier alpha value is -1.70. The molecule has 14 heavy (non-hydrogen) atoms. The molecule has 1 nitrogen and oxygen atoms in total. The van der Waals surface area contributed by atoms with E-state index in [0.717, 1.165) is 16.8 Å². The highest BCUT2D eigenvalue weighted by Gasteiger charge is 2.00. The molecule has 2 heteroatoms. The molecular weight excluding hydrogens is 169 g/mol. The molecule has 0 saturated carbocycles. The van der Waals surface area contributed by atoms with Crippen LogP contribution < -0.4 is 11.2 Å². The molecule has 0 heterocycles. The summed E-state index contributed by atoms with van der Waals surface area (Å²) in [4.78, 5) is 0. The predicted molar refractivity (Wildman–Crippen MR) is 61.7 cm³/mol. The van der Waals surface area contributed by atoms with E-state index in [1.165, 1.54) is 0 Å². The molecule has 2 rings (SSSR count). The van der Waals surface area contributed by atoms with Crippen LogP contribution in [0.3, 0.4) is 0 Å². The molecule has 2 aromatic carbocycles. The Morgan fingerprint density at radius 3 is 2.29 bits per heavy atom. The van der Waals surface area contributed by atoms with Gasteiger partial charge in [-0.2, -0.15) is 0 Å². The van der Waals surface area contributed by atoms with Crippen LogP contribution in [-0.4, -0.2) is 7.85 Å². The van der Waals surface area contributed by atoms with Crippen molar-refractivity contribution in [3.8, 4) is 11.1 Å². The van der Waals surface area contributed by atoms with Crippen molar-refractivity contribution in [3.05, 3.63) is 48.5 Å². The summed E-state index contributed by atoms with van der Waals surface area (Å²) >= 11 is 0. The first-order chi connectivity index (χ1) is 6.77. The molecule has 0 fully saturated rings. The number of nitrogens with two attached hydrogens (primary N) is 1. The molecule has 0 bridgehead atoms. The topological polar surface area (TPSA) is 26.0 Å². The number of hydrogen-bond donors (Lipinski definition) is 1. The minimum atomic E-state index is 0.696. The van der Waals surface area contributed by atoms with Gasteiger partial charge in [0.25, 0.3) is 0 Å². The molecule has 0 unspecified atom stereocenters. The minimum absolute atomic E-state index is 0.696. The SMILES string of the molecule is [B]c1ccc(-c2ccccc2)c(N)c1. The van der Waals surface area contributed by atoms with Crippen molar-refractivity contribution in [3.63, 3.8) is 0 Å². The number of benzene rings is 2. The molecule has 2 aromatic rings. The summed E-state index contributed by atoms with van der Waals surface area (Å²) in [7, 11) is 5.63. The fourth-order valence-electron chi connectivity index (χ4n) is 1.46. The van der Waals surface area contributed by atoms with E-state index in [1.807, 2.05) is 42.5 Å². The standard InChI is InChI=1S/C12H10BN/c13-10-6-7-11(12(14)8-10)9-4-2-1-3-5-9/h1-8H,14H2. The fraction of sp³-hybridized carbons (Fsp3) is 0. The normalized spacial score (nSPS) is 10.0. The third-order valence-electron chi connectivity index (χ3n) is 2.16. The van der Waals surface area contributed by atoms with Gasteiger partial charge in [0.05, 0.1) is 0 Å². The van der Waals surface area contributed by atoms with Gasteiger partial charge in [0.1, 0.15) is 7.85 Å². The molecule has 0 amide bonds. The van der Waals surface area contributed by atoms with Gasteiger partial charge >= 0.3 is 0 Å². The lowest BCUT2D eigenvalue weighted by atomic mass is 9.92. The first kappa shape index (κ1) is 8.88. The van der Waals surface area contributed by atoms with Gasteiger partial charge < -0.3 is 5.73 Å². The molecule has 2 N–H and O–H groups in total. The summed E-state index contributed by atoms with van der Waals surface area (Å²) in [6, 6.07) is 15.6. The van der Waals surface area contributed by atoms with Crippen LogP contribution in [0.1, 0.15) is 0 Å². The smallest absolute Gasteiger partial charge is 0.113 e. The van der Waals surface area contributed by atoms with Crippen LogP contribution in [0, 0.1) is 0 Å². The molecule has 0 aliphatic rings. The van der Waals surface area contributed by atoms with Crippen LogP contribution >= 0.6 is 0 Å². The van der Waals surface area contributed by atoms with Gasteiger partial charge in [-0.15, -0.1) is 0 Å². The maximum absolute atomic E-state index is 5.87. The zero-order valence-corrected chi connectivity index (χ0v) is 7.77. The van der Waals surface area contributed by atoms with Crippen molar-refractivity contribution in [2.24, 2.45) is 0 Å². The van der Waals surface area contributed by atoms with E-state index >= 15 is 0 Å². The molecule has 66 valence electrons. The number of nitrogen functional groups attached to an aromatic ring is 1. The highest BCUT2D eigenvalue weighted by atomic mass is 14.6. The van der Waals surface area contributed by atoms with Gasteiger partial charge in [-0.1, -0.05) is 47.9 Å². The lowest BCUT2D eigenvalue weighted by molar-refractivity contribution is 1.63. The Kier molecular flexibility index (Phi) is 2.27. The van der Waals surface area contributed by atoms with Crippen LogP contribution in [0.2, 0.25) is 0 Å². The third-order valence-corrected chi connectivity index (χ3v) is 2.16. The van der Waals surface area contributed by atoms with Gasteiger partial charge in [0.2, 0.25) is 0 Å². The van der Waals surface area contributed by atoms with Gasteiger partial charge in [0.15, 0.2) is 0 Å². The maximum Gasteiger partial charge on any atom is 0.113 e. The van der Waals surface area contributed by atoms with Gasteiger partial charge in [-0.25, -0.2) is 0 Å². The Morgan fingerprint density at radius 2 is 1.64 bits per heavy atom. The molecule has 0 aliphatic carbocycles. The molecular formula is C12H10BN. The lowest BCUT2D eigenvalue weighted by Gasteiger charge is -2.06. The van der Waals surface area contributed by atoms with Crippen molar-refractivity contribution in [2.75, 3.05) is 5.73 Å². The summed E-state index contributed by atoms with van der Waals surface area (Å²) in [6.45, 7) is 0. The highest BCUT2D eigenvalue weighted by Crippen LogP contribution is 2.23. The van der Waals surface area contributed by atoms with Crippen molar-refractivity contribution < 1.29 is 0 Å². The van der Waals surface area contributed by atoms with E-state index in [0.29, 0.717) is 5.46 Å². The highest BCUT2D eigenvalue weighted by molar-refractivity contribution is 6.32. The van der Waals surface area contributed by atoms with Crippen LogP contribution in [0.25, 0.3) is 11.1 Å². The second-order valence-corrected chi connectivity index (χ2v) is 3.21. The monoisotopic (exact) mass is 179 g/mol. The van der Waals surface area contributed by atoms with Crippen molar-refractivity contribution in [1.82, 2.24) is 0 Å². The molecule has 0 aliphatic heterocycles. The van der Waals surface area contributed by atoms with Crippen LogP contribution in [0.4, 0.5) is 5.69 Å². The Bertz CT molecular complexity index is 437. The first-order valence-corrected chi connectivity index (χ1v) is 4.48. The number of anilines is 1. The average molecular weight is 179 g/mol. The summed E-state index contributed by atoms with van der Waals surface area (Å²) in [5, 5.41) is 0. The average Bonchev–Trinajstić information content (AvgIpc) is 2.19. The molecule has 0 aromatic heterocycles. The van der Waals surface area contributed by atoms with Crippen LogP contribution in [-0.2, 0) is 0 Å². The Balaban J connectivity index is 2.53. The molecule has 0 atom stereocenters. The molecule has 0 saturated heterocycles. The second-order valence-electron chi connectivity index (χ2n) is 3.21. The summed E-state index contributed by atoms with van der Waals surface area (Å²) in [5.41, 5.74) is 9.43. The fourth-order valence-corrected chi connectivity index (χ4v) is 1.46. The van der Waals surface area contributed by atoms with E-state index in [1.54, 1.807) is 6.07 Å². The summed E-state index contributed by atoms with van der Waals surface area (Å²) in [6.07, 6.45) is 0. The van der Waals surface area contributed by atoms with E-state index in [2.05, 4.69) is 0 Å². The van der Waals surface area contributed by atoms with E-state index in [4.69, 9.17) is 13.6 Å². The zero-order valence-electron chi connectivity index (χ0n) is 7.77. The Labute approximate surface area is 85.0 Å². The van der Waals surface area contributed by atoms with Crippen molar-refractivity contribution in [1.29, 1.82) is 0 Å². The number of hydrogen-bond acceptors (Lipinski definition) is 1. The lowest BCUT2D eigenvalue weighted by Crippen LogP contribution is -2.03. The second kappa shape index (κ2) is 3.58. The first-order valence-electron chi connectivity index (χ1n) is 4.48. The van der Waals surface area contributed by atoms with E-state index < -0.39 is 0 Å². The van der Waals surface area contributed by atoms with Gasteiger partial charge in [-0.05, 0) is 11.6 Å². The summed E-state index contributed by atoms with van der Waals surface area (Å²) in [5.74, 6) is 0. The van der Waals surface area contributed by atoms with E-state index in [9.17, 15) is 0 Å². The Morgan fingerprint density at radius 1 is 0.929 bits per heavy atom. The van der Waals surface area contributed by atoms with Crippen molar-refractivity contribution >= 4 is 19.0 Å². The number of rotatable bonds is 1. The zero-order chi connectivity index (χ0) is 9.97. The largest absolute Gasteiger partial charge is 0.398 e. The maximum atomic E-state index is 5.87. The summed E-state index contributed by atoms with van der Waals surface area (Å²) < 4.78 is 0. The van der Waals surface area contributed by atoms with E-state index in [-0.39, 0.29) is 0 Å². The third kappa shape index (κ3) is 1.64. The minimum Gasteiger partial charge on any atom is -0.398 e. The molecule has 0 spiro atoms. The quantitative estimate of drug-likeness (QED) is 0.523. The predicted octanol–water partition coefficient (Wildman–Crippen LogP) is 1.73. The van der Waals surface area contributed by atoms with Crippen molar-refractivity contribution in [2.45, 2.75) is 0 Å². The van der Waals surface area contributed by atoms with Crippen LogP contribution in [0.15, 0.2) is 48.5 Å².